The summed E-state index contributed by atoms with van der Waals surface area (Å²) < 4.78 is 14.3. The minimum absolute atomic E-state index is 0.101. The Morgan fingerprint density at radius 2 is 1.65 bits per heavy atom. The van der Waals surface area contributed by atoms with Crippen molar-refractivity contribution in [3.63, 3.8) is 0 Å². The van der Waals surface area contributed by atoms with Gasteiger partial charge in [-0.3, -0.25) is 9.59 Å². The minimum Gasteiger partial charge on any atom is -0.346 e. The van der Waals surface area contributed by atoms with Gasteiger partial charge in [0.1, 0.15) is 5.82 Å². The van der Waals surface area contributed by atoms with Crippen LogP contribution in [0.1, 0.15) is 10.4 Å². The molecule has 0 atom stereocenters. The van der Waals surface area contributed by atoms with Gasteiger partial charge in [0.05, 0.1) is 6.54 Å². The van der Waals surface area contributed by atoms with Crippen LogP contribution in [0.25, 0.3) is 0 Å². The fourth-order valence-electron chi connectivity index (χ4n) is 1.44. The second-order valence-corrected chi connectivity index (χ2v) is 3.64. The van der Waals surface area contributed by atoms with Crippen LogP contribution < -0.4 is 5.43 Å². The molecule has 86 valence electrons. The van der Waals surface area contributed by atoms with Gasteiger partial charge in [-0.2, -0.15) is 0 Å². The van der Waals surface area contributed by atoms with Gasteiger partial charge >= 0.3 is 0 Å². The fraction of sp³-hybridized carbons (Fsp3) is 0.0769. The van der Waals surface area contributed by atoms with E-state index in [9.17, 15) is 14.0 Å². The van der Waals surface area contributed by atoms with Gasteiger partial charge in [-0.1, -0.05) is 0 Å². The summed E-state index contributed by atoms with van der Waals surface area (Å²) in [6.07, 6.45) is 3.09. The van der Waals surface area contributed by atoms with E-state index in [2.05, 4.69) is 0 Å². The molecular formula is C13H10FNO2. The van der Waals surface area contributed by atoms with Crippen LogP contribution >= 0.6 is 0 Å². The molecule has 1 aromatic carbocycles. The predicted molar refractivity (Wildman–Crippen MR) is 61.4 cm³/mol. The lowest BCUT2D eigenvalue weighted by atomic mass is 10.1. The third kappa shape index (κ3) is 2.87. The Morgan fingerprint density at radius 3 is 2.24 bits per heavy atom. The van der Waals surface area contributed by atoms with Crippen LogP contribution in [0.4, 0.5) is 4.39 Å². The average Bonchev–Trinajstić information content (AvgIpc) is 2.33. The highest BCUT2D eigenvalue weighted by atomic mass is 19.1. The summed E-state index contributed by atoms with van der Waals surface area (Å²) in [7, 11) is 0. The minimum atomic E-state index is -0.370. The number of halogens is 1. The molecular weight excluding hydrogens is 221 g/mol. The zero-order chi connectivity index (χ0) is 12.3. The van der Waals surface area contributed by atoms with E-state index in [1.807, 2.05) is 0 Å². The monoisotopic (exact) mass is 231 g/mol. The Balaban J connectivity index is 2.14. The number of Topliss-reactive ketones (excluding diaryl/α,β-unsaturated/α-hetero) is 1. The molecule has 0 aliphatic rings. The molecule has 2 rings (SSSR count). The van der Waals surface area contributed by atoms with Crippen molar-refractivity contribution in [2.24, 2.45) is 0 Å². The van der Waals surface area contributed by atoms with E-state index < -0.39 is 0 Å². The summed E-state index contributed by atoms with van der Waals surface area (Å²) in [4.78, 5) is 22.7. The molecule has 0 spiro atoms. The van der Waals surface area contributed by atoms with Crippen molar-refractivity contribution in [3.8, 4) is 0 Å². The van der Waals surface area contributed by atoms with Gasteiger partial charge in [0.2, 0.25) is 0 Å². The molecule has 17 heavy (non-hydrogen) atoms. The number of hydrogen-bond donors (Lipinski definition) is 0. The molecule has 0 aliphatic carbocycles. The van der Waals surface area contributed by atoms with E-state index in [0.717, 1.165) is 0 Å². The second kappa shape index (κ2) is 4.74. The van der Waals surface area contributed by atoms with Crippen molar-refractivity contribution in [1.82, 2.24) is 4.57 Å². The Kier molecular flexibility index (Phi) is 3.14. The molecule has 0 radical (unpaired) electrons. The summed E-state index contributed by atoms with van der Waals surface area (Å²) in [6, 6.07) is 8.16. The predicted octanol–water partition coefficient (Wildman–Crippen LogP) is 1.87. The largest absolute Gasteiger partial charge is 0.346 e. The number of hydrogen-bond acceptors (Lipinski definition) is 2. The average molecular weight is 231 g/mol. The van der Waals surface area contributed by atoms with Crippen LogP contribution in [0.2, 0.25) is 0 Å². The highest BCUT2D eigenvalue weighted by Crippen LogP contribution is 2.04. The first-order valence-corrected chi connectivity index (χ1v) is 5.10. The maximum Gasteiger partial charge on any atom is 0.182 e. The van der Waals surface area contributed by atoms with Crippen LogP contribution in [0.5, 0.6) is 0 Å². The van der Waals surface area contributed by atoms with Crippen LogP contribution in [0.15, 0.2) is 53.6 Å². The van der Waals surface area contributed by atoms with E-state index in [0.29, 0.717) is 5.56 Å². The van der Waals surface area contributed by atoms with E-state index in [1.54, 1.807) is 17.0 Å². The second-order valence-electron chi connectivity index (χ2n) is 3.64. The summed E-state index contributed by atoms with van der Waals surface area (Å²) in [5.41, 5.74) is 0.348. The molecule has 0 aliphatic heterocycles. The standard InChI is InChI=1S/C13H10FNO2/c14-11-3-1-10(2-4-11)13(17)9-15-7-5-12(16)6-8-15/h1-8H,9H2. The zero-order valence-electron chi connectivity index (χ0n) is 8.97. The third-order valence-electron chi connectivity index (χ3n) is 2.35. The Labute approximate surface area is 97.1 Å². The molecule has 0 unspecified atom stereocenters. The number of nitrogens with zero attached hydrogens (tertiary/aromatic N) is 1. The van der Waals surface area contributed by atoms with Crippen molar-refractivity contribution >= 4 is 5.78 Å². The fourth-order valence-corrected chi connectivity index (χ4v) is 1.44. The van der Waals surface area contributed by atoms with E-state index >= 15 is 0 Å². The topological polar surface area (TPSA) is 39.1 Å². The molecule has 0 saturated carbocycles. The van der Waals surface area contributed by atoms with Gasteiger partial charge in [-0.15, -0.1) is 0 Å². The van der Waals surface area contributed by atoms with Crippen LogP contribution in [0, 0.1) is 5.82 Å². The number of rotatable bonds is 3. The summed E-state index contributed by atoms with van der Waals surface area (Å²) in [6.45, 7) is 0.131. The maximum absolute atomic E-state index is 12.7. The van der Waals surface area contributed by atoms with Gasteiger partial charge in [0.15, 0.2) is 11.2 Å². The highest BCUT2D eigenvalue weighted by Gasteiger charge is 2.05. The van der Waals surface area contributed by atoms with Gasteiger partial charge in [0.25, 0.3) is 0 Å². The van der Waals surface area contributed by atoms with Crippen molar-refractivity contribution in [2.45, 2.75) is 6.54 Å². The molecule has 2 aromatic rings. The van der Waals surface area contributed by atoms with Crippen molar-refractivity contribution in [3.05, 3.63) is 70.4 Å². The van der Waals surface area contributed by atoms with E-state index in [4.69, 9.17) is 0 Å². The van der Waals surface area contributed by atoms with Gasteiger partial charge < -0.3 is 4.57 Å². The number of aromatic nitrogens is 1. The zero-order valence-corrected chi connectivity index (χ0v) is 8.97. The summed E-state index contributed by atoms with van der Waals surface area (Å²) >= 11 is 0. The first kappa shape index (κ1) is 11.3. The highest BCUT2D eigenvalue weighted by molar-refractivity contribution is 5.95. The first-order chi connectivity index (χ1) is 8.15. The molecule has 1 aromatic heterocycles. The van der Waals surface area contributed by atoms with Crippen LogP contribution in [0.3, 0.4) is 0 Å². The lowest BCUT2D eigenvalue weighted by Crippen LogP contribution is -2.12. The SMILES string of the molecule is O=C(Cn1ccc(=O)cc1)c1ccc(F)cc1. The Bertz CT molecular complexity index is 567. The van der Waals surface area contributed by atoms with Crippen LogP contribution in [-0.4, -0.2) is 10.4 Å². The number of carbonyl (C=O) groups excluding carboxylic acids is 1. The van der Waals surface area contributed by atoms with E-state index in [-0.39, 0.29) is 23.6 Å². The quantitative estimate of drug-likeness (QED) is 0.756. The molecule has 4 heteroatoms. The van der Waals surface area contributed by atoms with Gasteiger partial charge in [0, 0.05) is 30.1 Å². The van der Waals surface area contributed by atoms with Crippen LogP contribution in [-0.2, 0) is 6.54 Å². The molecule has 1 heterocycles. The normalized spacial score (nSPS) is 10.2. The number of ketones is 1. The van der Waals surface area contributed by atoms with Crippen molar-refractivity contribution in [2.75, 3.05) is 0 Å². The Hall–Kier alpha value is -2.23. The maximum atomic E-state index is 12.7. The number of carbonyl (C=O) groups is 1. The molecule has 0 N–H and O–H groups in total. The van der Waals surface area contributed by atoms with Gasteiger partial charge in [-0.05, 0) is 24.3 Å². The van der Waals surface area contributed by atoms with E-state index in [1.165, 1.54) is 36.4 Å². The first-order valence-electron chi connectivity index (χ1n) is 5.10. The molecule has 0 bridgehead atoms. The van der Waals surface area contributed by atoms with Gasteiger partial charge in [-0.25, -0.2) is 4.39 Å². The Morgan fingerprint density at radius 1 is 1.06 bits per heavy atom. The smallest absolute Gasteiger partial charge is 0.182 e. The molecule has 0 saturated heterocycles. The summed E-state index contributed by atoms with van der Waals surface area (Å²) in [5.74, 6) is -0.501. The third-order valence-corrected chi connectivity index (χ3v) is 2.35. The molecule has 3 nitrogen and oxygen atoms in total. The summed E-state index contributed by atoms with van der Waals surface area (Å²) in [5, 5.41) is 0. The lowest BCUT2D eigenvalue weighted by Gasteiger charge is -2.04. The molecule has 0 amide bonds. The lowest BCUT2D eigenvalue weighted by molar-refractivity contribution is 0.0972. The number of pyridine rings is 1. The van der Waals surface area contributed by atoms with Crippen molar-refractivity contribution < 1.29 is 9.18 Å². The number of benzene rings is 1. The molecule has 0 fully saturated rings. The van der Waals surface area contributed by atoms with Crippen molar-refractivity contribution in [1.29, 1.82) is 0 Å².